The fourth-order valence-electron chi connectivity index (χ4n) is 1.76. The van der Waals surface area contributed by atoms with Gasteiger partial charge in [0.05, 0.1) is 11.5 Å². The van der Waals surface area contributed by atoms with E-state index in [4.69, 9.17) is 5.73 Å². The molecule has 0 bridgehead atoms. The molecule has 0 saturated carbocycles. The van der Waals surface area contributed by atoms with Crippen molar-refractivity contribution in [3.8, 4) is 0 Å². The Kier molecular flexibility index (Phi) is 4.67. The summed E-state index contributed by atoms with van der Waals surface area (Å²) < 4.78 is 0. The molecule has 0 spiro atoms. The van der Waals surface area contributed by atoms with E-state index < -0.39 is 11.8 Å². The van der Waals surface area contributed by atoms with Crippen molar-refractivity contribution in [1.29, 1.82) is 0 Å². The molecule has 16 heavy (non-hydrogen) atoms. The van der Waals surface area contributed by atoms with Crippen LogP contribution in [0.25, 0.3) is 0 Å². The second-order valence-corrected chi connectivity index (χ2v) is 4.67. The summed E-state index contributed by atoms with van der Waals surface area (Å²) in [5, 5.41) is 2.40. The van der Waals surface area contributed by atoms with Gasteiger partial charge in [0.2, 0.25) is 0 Å². The second kappa shape index (κ2) is 5.79. The van der Waals surface area contributed by atoms with Crippen LogP contribution in [-0.4, -0.2) is 41.3 Å². The molecule has 90 valence electrons. The maximum atomic E-state index is 11.7. The molecule has 5 nitrogen and oxygen atoms in total. The minimum absolute atomic E-state index is 0.0727. The van der Waals surface area contributed by atoms with E-state index in [1.807, 2.05) is 0 Å². The largest absolute Gasteiger partial charge is 0.392 e. The van der Waals surface area contributed by atoms with Crippen molar-refractivity contribution in [2.45, 2.75) is 19.8 Å². The first-order valence-electron chi connectivity index (χ1n) is 5.36. The van der Waals surface area contributed by atoms with Crippen LogP contribution in [-0.2, 0) is 9.59 Å². The van der Waals surface area contributed by atoms with Gasteiger partial charge < -0.3 is 16.0 Å². The van der Waals surface area contributed by atoms with Gasteiger partial charge in [-0.25, -0.2) is 0 Å². The number of likely N-dealkylation sites (tertiary alicyclic amines) is 1. The SMILES string of the molecule is CC1CCCN(C(=O)C(=O)NCC(N)=S)C1. The highest BCUT2D eigenvalue weighted by Crippen LogP contribution is 2.15. The van der Waals surface area contributed by atoms with E-state index in [2.05, 4.69) is 24.5 Å². The molecule has 6 heteroatoms. The molecule has 1 heterocycles. The average Bonchev–Trinajstić information content (AvgIpc) is 2.24. The predicted octanol–water partition coefficient (Wildman–Crippen LogP) is -0.353. The van der Waals surface area contributed by atoms with Crippen molar-refractivity contribution in [3.05, 3.63) is 0 Å². The number of hydrogen-bond donors (Lipinski definition) is 2. The maximum Gasteiger partial charge on any atom is 0.311 e. The number of amides is 2. The van der Waals surface area contributed by atoms with E-state index in [9.17, 15) is 9.59 Å². The Morgan fingerprint density at radius 2 is 2.25 bits per heavy atom. The van der Waals surface area contributed by atoms with Gasteiger partial charge >= 0.3 is 11.8 Å². The lowest BCUT2D eigenvalue weighted by atomic mass is 10.0. The smallest absolute Gasteiger partial charge is 0.311 e. The average molecular weight is 243 g/mol. The lowest BCUT2D eigenvalue weighted by molar-refractivity contribution is -0.146. The number of carbonyl (C=O) groups excluding carboxylic acids is 2. The molecular weight excluding hydrogens is 226 g/mol. The van der Waals surface area contributed by atoms with Crippen molar-refractivity contribution in [1.82, 2.24) is 10.2 Å². The van der Waals surface area contributed by atoms with Gasteiger partial charge in [0, 0.05) is 13.1 Å². The summed E-state index contributed by atoms with van der Waals surface area (Å²) >= 11 is 4.61. The van der Waals surface area contributed by atoms with Crippen LogP contribution in [0.1, 0.15) is 19.8 Å². The van der Waals surface area contributed by atoms with Crippen LogP contribution in [0, 0.1) is 5.92 Å². The first kappa shape index (κ1) is 12.9. The monoisotopic (exact) mass is 243 g/mol. The lowest BCUT2D eigenvalue weighted by Gasteiger charge is -2.30. The number of hydrogen-bond acceptors (Lipinski definition) is 3. The third-order valence-corrected chi connectivity index (χ3v) is 2.71. The molecule has 1 fully saturated rings. The summed E-state index contributed by atoms with van der Waals surface area (Å²) in [6.45, 7) is 3.46. The summed E-state index contributed by atoms with van der Waals surface area (Å²) in [6, 6.07) is 0. The van der Waals surface area contributed by atoms with Crippen molar-refractivity contribution in [2.75, 3.05) is 19.6 Å². The Labute approximate surface area is 100 Å². The second-order valence-electron chi connectivity index (χ2n) is 4.15. The van der Waals surface area contributed by atoms with Crippen LogP contribution in [0.3, 0.4) is 0 Å². The molecule has 1 rings (SSSR count). The van der Waals surface area contributed by atoms with Crippen LogP contribution in [0.4, 0.5) is 0 Å². The molecule has 0 aromatic heterocycles. The zero-order valence-corrected chi connectivity index (χ0v) is 10.2. The number of nitrogens with zero attached hydrogens (tertiary/aromatic N) is 1. The van der Waals surface area contributed by atoms with E-state index in [1.54, 1.807) is 4.90 Å². The van der Waals surface area contributed by atoms with E-state index in [-0.39, 0.29) is 11.5 Å². The van der Waals surface area contributed by atoms with Crippen molar-refractivity contribution < 1.29 is 9.59 Å². The predicted molar refractivity (Wildman–Crippen MR) is 64.8 cm³/mol. The number of rotatable bonds is 2. The zero-order valence-electron chi connectivity index (χ0n) is 9.36. The minimum atomic E-state index is -0.623. The molecule has 1 aliphatic rings. The van der Waals surface area contributed by atoms with Gasteiger partial charge in [-0.3, -0.25) is 9.59 Å². The quantitative estimate of drug-likeness (QED) is 0.513. The molecule has 1 unspecified atom stereocenters. The summed E-state index contributed by atoms with van der Waals surface area (Å²) in [5.74, 6) is -0.647. The highest BCUT2D eigenvalue weighted by atomic mass is 32.1. The molecule has 0 radical (unpaired) electrons. The van der Waals surface area contributed by atoms with Gasteiger partial charge in [0.15, 0.2) is 0 Å². The van der Waals surface area contributed by atoms with Crippen molar-refractivity contribution >= 4 is 29.0 Å². The Hall–Kier alpha value is -1.17. The molecule has 2 amide bonds. The molecule has 0 aliphatic carbocycles. The van der Waals surface area contributed by atoms with Crippen LogP contribution >= 0.6 is 12.2 Å². The first-order chi connectivity index (χ1) is 7.50. The number of nitrogens with two attached hydrogens (primary N) is 1. The number of piperidine rings is 1. The van der Waals surface area contributed by atoms with Gasteiger partial charge in [-0.1, -0.05) is 19.1 Å². The Morgan fingerprint density at radius 3 is 2.81 bits per heavy atom. The maximum absolute atomic E-state index is 11.7. The van der Waals surface area contributed by atoms with Crippen LogP contribution in [0.5, 0.6) is 0 Å². The minimum Gasteiger partial charge on any atom is -0.392 e. The third-order valence-electron chi connectivity index (χ3n) is 2.56. The molecule has 1 atom stereocenters. The van der Waals surface area contributed by atoms with E-state index in [1.165, 1.54) is 0 Å². The Balaban J connectivity index is 2.43. The van der Waals surface area contributed by atoms with Crippen molar-refractivity contribution in [2.24, 2.45) is 11.7 Å². The molecule has 0 aromatic rings. The van der Waals surface area contributed by atoms with Crippen molar-refractivity contribution in [3.63, 3.8) is 0 Å². The number of carbonyl (C=O) groups is 2. The fourth-order valence-corrected chi connectivity index (χ4v) is 1.83. The number of nitrogens with one attached hydrogen (secondary N) is 1. The summed E-state index contributed by atoms with van der Waals surface area (Å²) in [5.41, 5.74) is 5.23. The van der Waals surface area contributed by atoms with Crippen LogP contribution in [0.15, 0.2) is 0 Å². The topological polar surface area (TPSA) is 75.4 Å². The Bertz CT molecular complexity index is 306. The van der Waals surface area contributed by atoms with Gasteiger partial charge in [0.1, 0.15) is 0 Å². The first-order valence-corrected chi connectivity index (χ1v) is 5.77. The third kappa shape index (κ3) is 3.77. The highest BCUT2D eigenvalue weighted by molar-refractivity contribution is 7.80. The van der Waals surface area contributed by atoms with E-state index in [0.29, 0.717) is 19.0 Å². The standard InChI is InChI=1S/C10H17N3O2S/c1-7-3-2-4-13(6-7)10(15)9(14)12-5-8(11)16/h7H,2-6H2,1H3,(H2,11,16)(H,12,14). The molecule has 1 saturated heterocycles. The van der Waals surface area contributed by atoms with Gasteiger partial charge in [-0.15, -0.1) is 0 Å². The molecular formula is C10H17N3O2S. The Morgan fingerprint density at radius 1 is 1.56 bits per heavy atom. The highest BCUT2D eigenvalue weighted by Gasteiger charge is 2.25. The molecule has 0 aromatic carbocycles. The van der Waals surface area contributed by atoms with Crippen LogP contribution in [0.2, 0.25) is 0 Å². The summed E-state index contributed by atoms with van der Waals surface area (Å²) in [7, 11) is 0. The van der Waals surface area contributed by atoms with E-state index in [0.717, 1.165) is 12.8 Å². The number of thiocarbonyl (C=S) groups is 1. The summed E-state index contributed by atoms with van der Waals surface area (Å²) in [4.78, 5) is 24.9. The normalized spacial score (nSPS) is 20.3. The van der Waals surface area contributed by atoms with Gasteiger partial charge in [-0.2, -0.15) is 0 Å². The fraction of sp³-hybridized carbons (Fsp3) is 0.700. The van der Waals surface area contributed by atoms with Gasteiger partial charge in [-0.05, 0) is 18.8 Å². The summed E-state index contributed by atoms with van der Waals surface area (Å²) in [6.07, 6.45) is 2.06. The lowest BCUT2D eigenvalue weighted by Crippen LogP contribution is -2.48. The van der Waals surface area contributed by atoms with E-state index >= 15 is 0 Å². The zero-order chi connectivity index (χ0) is 12.1. The van der Waals surface area contributed by atoms with Crippen LogP contribution < -0.4 is 11.1 Å². The molecule has 1 aliphatic heterocycles. The molecule has 3 N–H and O–H groups in total. The van der Waals surface area contributed by atoms with Gasteiger partial charge in [0.25, 0.3) is 0 Å².